The molecular formula is C33H31N3O9S. The van der Waals surface area contributed by atoms with E-state index in [0.717, 1.165) is 31.7 Å². The minimum atomic E-state index is -1.47. The summed E-state index contributed by atoms with van der Waals surface area (Å²) in [5, 5.41) is 61.8. The highest BCUT2D eigenvalue weighted by Gasteiger charge is 2.42. The number of ether oxygens (including phenoxy) is 1. The Morgan fingerprint density at radius 3 is 2.33 bits per heavy atom. The average Bonchev–Trinajstić information content (AvgIpc) is 3.02. The smallest absolute Gasteiger partial charge is 0.340 e. The van der Waals surface area contributed by atoms with Crippen molar-refractivity contribution in [1.82, 2.24) is 10.7 Å². The molecule has 3 aromatic rings. The average molecular weight is 646 g/mol. The Morgan fingerprint density at radius 1 is 0.935 bits per heavy atom. The molecule has 7 N–H and O–H groups in total. The monoisotopic (exact) mass is 645 g/mol. The van der Waals surface area contributed by atoms with Gasteiger partial charge in [-0.3, -0.25) is 15.0 Å². The molecule has 0 bridgehead atoms. The number of fused-ring (bicyclic) bond motifs is 5. The third kappa shape index (κ3) is 4.78. The van der Waals surface area contributed by atoms with E-state index in [2.05, 4.69) is 15.8 Å². The Balaban J connectivity index is 1.46. The number of aromatic carboxylic acids is 1. The quantitative estimate of drug-likeness (QED) is 0.0929. The van der Waals surface area contributed by atoms with Crippen LogP contribution in [0, 0.1) is 6.92 Å². The van der Waals surface area contributed by atoms with Crippen molar-refractivity contribution >= 4 is 41.1 Å². The van der Waals surface area contributed by atoms with E-state index in [1.807, 2.05) is 0 Å². The summed E-state index contributed by atoms with van der Waals surface area (Å²) in [6.07, 6.45) is 7.07. The van der Waals surface area contributed by atoms with Crippen LogP contribution in [0.1, 0.15) is 96.6 Å². The molecule has 12 nitrogen and oxygen atoms in total. The highest BCUT2D eigenvalue weighted by molar-refractivity contribution is 7.80. The largest absolute Gasteiger partial charge is 0.508 e. The predicted molar refractivity (Wildman–Crippen MR) is 171 cm³/mol. The third-order valence-electron chi connectivity index (χ3n) is 9.01. The summed E-state index contributed by atoms with van der Waals surface area (Å²) in [5.41, 5.74) is 1.55. The normalized spacial score (nSPS) is 15.5. The number of methoxy groups -OCH3 is 1. The molecule has 3 aliphatic carbocycles. The lowest BCUT2D eigenvalue weighted by atomic mass is 9.74. The summed E-state index contributed by atoms with van der Waals surface area (Å²) >= 11 is 5.33. The van der Waals surface area contributed by atoms with Crippen molar-refractivity contribution in [3.8, 4) is 39.9 Å². The molecule has 0 amide bonds. The van der Waals surface area contributed by atoms with Crippen LogP contribution in [0.2, 0.25) is 0 Å². The molecule has 1 saturated carbocycles. The molecule has 1 fully saturated rings. The summed E-state index contributed by atoms with van der Waals surface area (Å²) in [6.45, 7) is 1.39. The highest BCUT2D eigenvalue weighted by atomic mass is 32.1. The van der Waals surface area contributed by atoms with Crippen LogP contribution in [0.15, 0.2) is 17.2 Å². The number of rotatable bonds is 5. The minimum Gasteiger partial charge on any atom is -0.508 e. The molecule has 0 unspecified atom stereocenters. The van der Waals surface area contributed by atoms with E-state index in [4.69, 9.17) is 17.0 Å². The van der Waals surface area contributed by atoms with Gasteiger partial charge in [0.2, 0.25) is 5.78 Å². The molecule has 6 rings (SSSR count). The number of carbonyl (C=O) groups excluding carboxylic acids is 2. The standard InChI is InChI=1S/C33H31N3O9S/c1-13-19(37)11-18-23(26(13)38)30(42)25-24(27(18)39)29(41)22-17(31(25)45-2)9-8-14-10-15(21(32(43)44)28(40)20(14)22)12-34-36-33(46)35-16-6-4-3-5-7-16/h10-12,16,37-38,40-41H,3-9H2,1-2H3,(H,43,44)(H2,35,36,46)/b34-12+. The second kappa shape index (κ2) is 11.6. The number of aryl methyl sites for hydroxylation is 1. The Kier molecular flexibility index (Phi) is 7.80. The molecule has 238 valence electrons. The second-order valence-electron chi connectivity index (χ2n) is 11.6. The lowest BCUT2D eigenvalue weighted by Gasteiger charge is -2.30. The molecule has 0 radical (unpaired) electrons. The number of phenols is 4. The van der Waals surface area contributed by atoms with Crippen molar-refractivity contribution in [2.75, 3.05) is 7.11 Å². The molecule has 3 aromatic carbocycles. The number of hydrazone groups is 1. The van der Waals surface area contributed by atoms with Crippen LogP contribution in [-0.2, 0) is 12.8 Å². The van der Waals surface area contributed by atoms with Gasteiger partial charge in [-0.05, 0) is 62.5 Å². The molecule has 0 saturated heterocycles. The zero-order valence-electron chi connectivity index (χ0n) is 25.0. The molecule has 0 heterocycles. The minimum absolute atomic E-state index is 0.00130. The van der Waals surface area contributed by atoms with Gasteiger partial charge in [0.25, 0.3) is 0 Å². The number of nitrogens with one attached hydrogen (secondary N) is 2. The van der Waals surface area contributed by atoms with Gasteiger partial charge in [-0.1, -0.05) is 19.3 Å². The van der Waals surface area contributed by atoms with Gasteiger partial charge in [0, 0.05) is 39.4 Å². The van der Waals surface area contributed by atoms with Crippen molar-refractivity contribution in [1.29, 1.82) is 0 Å². The van der Waals surface area contributed by atoms with Gasteiger partial charge in [0.1, 0.15) is 34.3 Å². The van der Waals surface area contributed by atoms with Crippen LogP contribution >= 0.6 is 12.2 Å². The van der Waals surface area contributed by atoms with Crippen LogP contribution in [0.25, 0.3) is 11.1 Å². The van der Waals surface area contributed by atoms with Gasteiger partial charge in [-0.15, -0.1) is 0 Å². The first-order valence-electron chi connectivity index (χ1n) is 14.8. The summed E-state index contributed by atoms with van der Waals surface area (Å²) in [5.74, 6) is -5.51. The SMILES string of the molecule is COc1c2c(c(O)c3c1C(=O)c1c(cc(O)c(C)c1O)C3=O)-c1c(cc(/C=N/NC(=S)NC3CCCCC3)c(C(=O)O)c1O)CC2. The first-order valence-corrected chi connectivity index (χ1v) is 15.2. The van der Waals surface area contributed by atoms with Gasteiger partial charge in [-0.2, -0.15) is 5.10 Å². The summed E-state index contributed by atoms with van der Waals surface area (Å²) in [7, 11) is 1.28. The van der Waals surface area contributed by atoms with E-state index in [1.165, 1.54) is 32.7 Å². The van der Waals surface area contributed by atoms with Gasteiger partial charge in [-0.25, -0.2) is 4.79 Å². The Morgan fingerprint density at radius 2 is 1.65 bits per heavy atom. The van der Waals surface area contributed by atoms with E-state index in [9.17, 15) is 39.9 Å². The van der Waals surface area contributed by atoms with E-state index >= 15 is 0 Å². The van der Waals surface area contributed by atoms with Crippen LogP contribution < -0.4 is 15.5 Å². The number of hydrogen-bond acceptors (Lipinski definition) is 10. The van der Waals surface area contributed by atoms with E-state index in [0.29, 0.717) is 5.56 Å². The van der Waals surface area contributed by atoms with Gasteiger partial charge < -0.3 is 35.6 Å². The first kappa shape index (κ1) is 30.8. The number of benzene rings is 3. The topological polar surface area (TPSA) is 198 Å². The number of ketones is 2. The molecule has 0 atom stereocenters. The molecule has 0 spiro atoms. The summed E-state index contributed by atoms with van der Waals surface area (Å²) in [4.78, 5) is 40.0. The van der Waals surface area contributed by atoms with Gasteiger partial charge >= 0.3 is 5.97 Å². The Hall–Kier alpha value is -5.17. The molecule has 0 aliphatic heterocycles. The second-order valence-corrected chi connectivity index (χ2v) is 12.1. The van der Waals surface area contributed by atoms with Crippen molar-refractivity contribution in [2.45, 2.75) is 57.9 Å². The maximum Gasteiger partial charge on any atom is 0.340 e. The Bertz CT molecular complexity index is 1910. The van der Waals surface area contributed by atoms with Gasteiger partial charge in [0.05, 0.1) is 30.0 Å². The molecule has 13 heteroatoms. The lowest BCUT2D eigenvalue weighted by molar-refractivity contribution is 0.0693. The number of phenolic OH excluding ortho intramolecular Hbond substituents is 3. The van der Waals surface area contributed by atoms with Crippen molar-refractivity contribution in [3.05, 3.63) is 62.2 Å². The first-order chi connectivity index (χ1) is 22.0. The van der Waals surface area contributed by atoms with Crippen molar-refractivity contribution in [2.24, 2.45) is 5.10 Å². The van der Waals surface area contributed by atoms with Crippen molar-refractivity contribution < 1.29 is 44.7 Å². The Labute approximate surface area is 268 Å². The number of aromatic hydroxyl groups is 4. The molecular weight excluding hydrogens is 614 g/mol. The van der Waals surface area contributed by atoms with E-state index in [1.54, 1.807) is 0 Å². The number of carboxylic acids is 1. The lowest BCUT2D eigenvalue weighted by Crippen LogP contribution is -2.40. The molecule has 46 heavy (non-hydrogen) atoms. The van der Waals surface area contributed by atoms with E-state index < -0.39 is 51.7 Å². The highest BCUT2D eigenvalue weighted by Crippen LogP contribution is 2.54. The van der Waals surface area contributed by atoms with Crippen LogP contribution in [-0.4, -0.2) is 67.5 Å². The van der Waals surface area contributed by atoms with E-state index in [-0.39, 0.29) is 74.3 Å². The number of carbonyl (C=O) groups is 3. The third-order valence-corrected chi connectivity index (χ3v) is 9.22. The number of nitrogens with zero attached hydrogens (tertiary/aromatic N) is 1. The van der Waals surface area contributed by atoms with Gasteiger partial charge in [0.15, 0.2) is 10.9 Å². The predicted octanol–water partition coefficient (Wildman–Crippen LogP) is 4.20. The number of thiocarbonyl (C=S) groups is 1. The summed E-state index contributed by atoms with van der Waals surface area (Å²) in [6, 6.07) is 2.80. The fourth-order valence-corrected chi connectivity index (χ4v) is 7.01. The molecule has 0 aromatic heterocycles. The fraction of sp³-hybridized carbons (Fsp3) is 0.303. The zero-order valence-corrected chi connectivity index (χ0v) is 25.8. The summed E-state index contributed by atoms with van der Waals surface area (Å²) < 4.78 is 5.62. The van der Waals surface area contributed by atoms with Crippen LogP contribution in [0.3, 0.4) is 0 Å². The van der Waals surface area contributed by atoms with Crippen molar-refractivity contribution in [3.63, 3.8) is 0 Å². The number of carboxylic acid groups (broad SMARTS) is 1. The maximum atomic E-state index is 13.8. The zero-order chi connectivity index (χ0) is 33.0. The maximum absolute atomic E-state index is 13.8. The van der Waals surface area contributed by atoms with Crippen LogP contribution in [0.4, 0.5) is 0 Å². The fourth-order valence-electron chi connectivity index (χ4n) is 6.79. The van der Waals surface area contributed by atoms with Crippen LogP contribution in [0.5, 0.6) is 28.7 Å². The molecule has 3 aliphatic rings. The number of hydrogen-bond donors (Lipinski definition) is 7.